The Morgan fingerprint density at radius 3 is 2.12 bits per heavy atom. The van der Waals surface area contributed by atoms with E-state index in [9.17, 15) is 9.59 Å². The smallest absolute Gasteiger partial charge is 0.245 e. The van der Waals surface area contributed by atoms with Crippen LogP contribution in [-0.2, 0) is 9.59 Å². The first kappa shape index (κ1) is 15.9. The zero-order valence-electron chi connectivity index (χ0n) is 11.5. The molecule has 0 bridgehead atoms. The SMILES string of the molecule is CCC(=O)NC(C)(C)C(=O)NCCC(C)(C)N. The molecule has 17 heavy (non-hydrogen) atoms. The molecule has 0 aromatic rings. The third-order valence-electron chi connectivity index (χ3n) is 2.40. The molecule has 0 aliphatic rings. The first-order chi connectivity index (χ1) is 7.58. The van der Waals surface area contributed by atoms with Crippen molar-refractivity contribution in [1.82, 2.24) is 10.6 Å². The number of hydrogen-bond acceptors (Lipinski definition) is 3. The highest BCUT2D eigenvalue weighted by molar-refractivity contribution is 5.90. The van der Waals surface area contributed by atoms with E-state index in [0.29, 0.717) is 19.4 Å². The van der Waals surface area contributed by atoms with Gasteiger partial charge in [-0.05, 0) is 34.1 Å². The highest BCUT2D eigenvalue weighted by atomic mass is 16.2. The lowest BCUT2D eigenvalue weighted by molar-refractivity contribution is -0.132. The van der Waals surface area contributed by atoms with Crippen molar-refractivity contribution in [3.63, 3.8) is 0 Å². The van der Waals surface area contributed by atoms with Gasteiger partial charge in [0.05, 0.1) is 0 Å². The lowest BCUT2D eigenvalue weighted by Gasteiger charge is -2.26. The maximum Gasteiger partial charge on any atom is 0.245 e. The predicted octanol–water partition coefficient (Wildman–Crippen LogP) is 0.535. The molecule has 0 rings (SSSR count). The molecular weight excluding hydrogens is 218 g/mol. The van der Waals surface area contributed by atoms with Gasteiger partial charge < -0.3 is 16.4 Å². The van der Waals surface area contributed by atoms with E-state index in [1.165, 1.54) is 0 Å². The minimum absolute atomic E-state index is 0.135. The van der Waals surface area contributed by atoms with Gasteiger partial charge in [0.25, 0.3) is 0 Å². The largest absolute Gasteiger partial charge is 0.354 e. The summed E-state index contributed by atoms with van der Waals surface area (Å²) in [5.74, 6) is -0.326. The number of carbonyl (C=O) groups is 2. The molecule has 0 heterocycles. The molecule has 0 atom stereocenters. The Hall–Kier alpha value is -1.10. The summed E-state index contributed by atoms with van der Waals surface area (Å²) in [7, 11) is 0. The summed E-state index contributed by atoms with van der Waals surface area (Å²) in [6.07, 6.45) is 1.06. The van der Waals surface area contributed by atoms with Crippen LogP contribution in [0.1, 0.15) is 47.5 Å². The van der Waals surface area contributed by atoms with Gasteiger partial charge in [0.1, 0.15) is 5.54 Å². The molecule has 0 aliphatic carbocycles. The molecule has 2 amide bonds. The summed E-state index contributed by atoms with van der Waals surface area (Å²) >= 11 is 0. The minimum atomic E-state index is -0.883. The molecule has 0 spiro atoms. The molecule has 4 N–H and O–H groups in total. The maximum atomic E-state index is 11.8. The van der Waals surface area contributed by atoms with Crippen molar-refractivity contribution >= 4 is 11.8 Å². The Morgan fingerprint density at radius 1 is 1.18 bits per heavy atom. The second-order valence-corrected chi connectivity index (χ2v) is 5.52. The number of hydrogen-bond donors (Lipinski definition) is 3. The number of rotatable bonds is 6. The highest BCUT2D eigenvalue weighted by Crippen LogP contribution is 2.05. The van der Waals surface area contributed by atoms with Crippen LogP contribution in [0.15, 0.2) is 0 Å². The summed E-state index contributed by atoms with van der Waals surface area (Å²) in [4.78, 5) is 23.1. The van der Waals surface area contributed by atoms with Crippen LogP contribution in [0.5, 0.6) is 0 Å². The number of nitrogens with two attached hydrogens (primary N) is 1. The van der Waals surface area contributed by atoms with Crippen molar-refractivity contribution in [2.24, 2.45) is 5.73 Å². The minimum Gasteiger partial charge on any atom is -0.354 e. The highest BCUT2D eigenvalue weighted by Gasteiger charge is 2.28. The van der Waals surface area contributed by atoms with E-state index in [-0.39, 0.29) is 17.4 Å². The second-order valence-electron chi connectivity index (χ2n) is 5.52. The summed E-state index contributed by atoms with van der Waals surface area (Å²) < 4.78 is 0. The summed E-state index contributed by atoms with van der Waals surface area (Å²) in [5, 5.41) is 5.45. The third-order valence-corrected chi connectivity index (χ3v) is 2.40. The van der Waals surface area contributed by atoms with E-state index in [1.54, 1.807) is 20.8 Å². The van der Waals surface area contributed by atoms with Crippen LogP contribution in [0.4, 0.5) is 0 Å². The van der Waals surface area contributed by atoms with Crippen LogP contribution in [0.3, 0.4) is 0 Å². The summed E-state index contributed by atoms with van der Waals surface area (Å²) in [5.41, 5.74) is 4.63. The molecule has 0 aromatic carbocycles. The van der Waals surface area contributed by atoms with Gasteiger partial charge in [0.2, 0.25) is 11.8 Å². The fraction of sp³-hybridized carbons (Fsp3) is 0.833. The third kappa shape index (κ3) is 6.94. The molecule has 0 fully saturated rings. The Kier molecular flexibility index (Phi) is 5.61. The van der Waals surface area contributed by atoms with Crippen molar-refractivity contribution in [2.75, 3.05) is 6.54 Å². The average molecular weight is 243 g/mol. The zero-order valence-corrected chi connectivity index (χ0v) is 11.5. The van der Waals surface area contributed by atoms with E-state index < -0.39 is 5.54 Å². The Morgan fingerprint density at radius 2 is 1.71 bits per heavy atom. The molecular formula is C12H25N3O2. The predicted molar refractivity (Wildman–Crippen MR) is 68.4 cm³/mol. The van der Waals surface area contributed by atoms with Crippen LogP contribution >= 0.6 is 0 Å². The van der Waals surface area contributed by atoms with Gasteiger partial charge in [-0.25, -0.2) is 0 Å². The molecule has 0 saturated heterocycles. The monoisotopic (exact) mass is 243 g/mol. The van der Waals surface area contributed by atoms with Crippen molar-refractivity contribution in [3.05, 3.63) is 0 Å². The van der Waals surface area contributed by atoms with Gasteiger partial charge in [0, 0.05) is 18.5 Å². The molecule has 0 aromatic heterocycles. The Bertz CT molecular complexity index is 280. The van der Waals surface area contributed by atoms with Crippen LogP contribution in [-0.4, -0.2) is 29.4 Å². The molecule has 0 radical (unpaired) electrons. The average Bonchev–Trinajstić information content (AvgIpc) is 2.14. The molecule has 0 aliphatic heterocycles. The van der Waals surface area contributed by atoms with Crippen LogP contribution in [0.25, 0.3) is 0 Å². The number of nitrogens with one attached hydrogen (secondary N) is 2. The van der Waals surface area contributed by atoms with Gasteiger partial charge in [-0.15, -0.1) is 0 Å². The fourth-order valence-electron chi connectivity index (χ4n) is 1.21. The van der Waals surface area contributed by atoms with Gasteiger partial charge in [-0.3, -0.25) is 9.59 Å². The van der Waals surface area contributed by atoms with Gasteiger partial charge >= 0.3 is 0 Å². The van der Waals surface area contributed by atoms with Crippen molar-refractivity contribution in [3.8, 4) is 0 Å². The second kappa shape index (κ2) is 6.00. The number of carbonyl (C=O) groups excluding carboxylic acids is 2. The lowest BCUT2D eigenvalue weighted by atomic mass is 10.0. The fourth-order valence-corrected chi connectivity index (χ4v) is 1.21. The van der Waals surface area contributed by atoms with Crippen molar-refractivity contribution < 1.29 is 9.59 Å². The van der Waals surface area contributed by atoms with Crippen LogP contribution < -0.4 is 16.4 Å². The van der Waals surface area contributed by atoms with Crippen molar-refractivity contribution in [1.29, 1.82) is 0 Å². The van der Waals surface area contributed by atoms with E-state index in [1.807, 2.05) is 13.8 Å². The summed E-state index contributed by atoms with van der Waals surface area (Å²) in [6, 6.07) is 0. The van der Waals surface area contributed by atoms with E-state index in [4.69, 9.17) is 5.73 Å². The van der Waals surface area contributed by atoms with E-state index in [2.05, 4.69) is 10.6 Å². The molecule has 0 saturated carbocycles. The quantitative estimate of drug-likeness (QED) is 0.636. The van der Waals surface area contributed by atoms with Gasteiger partial charge in [-0.1, -0.05) is 6.92 Å². The van der Waals surface area contributed by atoms with Gasteiger partial charge in [0.15, 0.2) is 0 Å². The summed E-state index contributed by atoms with van der Waals surface area (Å²) in [6.45, 7) is 9.44. The van der Waals surface area contributed by atoms with E-state index in [0.717, 1.165) is 0 Å². The Balaban J connectivity index is 4.16. The van der Waals surface area contributed by atoms with Crippen LogP contribution in [0, 0.1) is 0 Å². The van der Waals surface area contributed by atoms with Crippen LogP contribution in [0.2, 0.25) is 0 Å². The van der Waals surface area contributed by atoms with Crippen molar-refractivity contribution in [2.45, 2.75) is 58.5 Å². The normalized spacial score (nSPS) is 12.1. The first-order valence-electron chi connectivity index (χ1n) is 5.96. The molecule has 100 valence electrons. The lowest BCUT2D eigenvalue weighted by Crippen LogP contribution is -2.55. The molecule has 5 heteroatoms. The van der Waals surface area contributed by atoms with E-state index >= 15 is 0 Å². The number of amides is 2. The first-order valence-corrected chi connectivity index (χ1v) is 5.96. The Labute approximate surface area is 104 Å². The van der Waals surface area contributed by atoms with Gasteiger partial charge in [-0.2, -0.15) is 0 Å². The maximum absolute atomic E-state index is 11.8. The standard InChI is InChI=1S/C12H25N3O2/c1-6-9(16)15-12(4,5)10(17)14-8-7-11(2,3)13/h6-8,13H2,1-5H3,(H,14,17)(H,15,16). The molecule has 5 nitrogen and oxygen atoms in total. The zero-order chi connectivity index (χ0) is 13.7. The topological polar surface area (TPSA) is 84.2 Å². The molecule has 0 unspecified atom stereocenters.